The van der Waals surface area contributed by atoms with Gasteiger partial charge in [-0.2, -0.15) is 30.6 Å². The molecule has 21 heavy (non-hydrogen) atoms. The normalized spacial score (nSPS) is 18.3. The molecule has 0 aromatic heterocycles. The highest BCUT2D eigenvalue weighted by atomic mass is 32.2. The van der Waals surface area contributed by atoms with Gasteiger partial charge in [0.2, 0.25) is 0 Å². The number of aliphatic hydroxyl groups excluding tert-OH is 1. The molecule has 2 N–H and O–H groups in total. The molecule has 0 spiro atoms. The average Bonchev–Trinajstić information content (AvgIpc) is 2.43. The highest BCUT2D eigenvalue weighted by Gasteiger charge is 2.39. The second kappa shape index (κ2) is 5.91. The highest BCUT2D eigenvalue weighted by molar-refractivity contribution is 7.87. The third-order valence-electron chi connectivity index (χ3n) is 3.27. The van der Waals surface area contributed by atoms with Gasteiger partial charge in [-0.05, 0) is 17.5 Å². The van der Waals surface area contributed by atoms with Crippen molar-refractivity contribution < 1.29 is 26.7 Å². The van der Waals surface area contributed by atoms with E-state index in [2.05, 4.69) is 0 Å². The van der Waals surface area contributed by atoms with Gasteiger partial charge in [-0.15, -0.1) is 0 Å². The topological polar surface area (TPSA) is 69.6 Å². The predicted molar refractivity (Wildman–Crippen MR) is 69.5 cm³/mol. The van der Waals surface area contributed by atoms with Crippen molar-refractivity contribution in [3.05, 3.63) is 35.4 Å². The highest BCUT2D eigenvalue weighted by Crippen LogP contribution is 2.22. The van der Waals surface area contributed by atoms with Gasteiger partial charge >= 0.3 is 6.18 Å². The SMILES string of the molecule is O=S(=O)(NCC(O)C(F)(F)F)N1CCc2ccccc2C1. The van der Waals surface area contributed by atoms with Crippen molar-refractivity contribution >= 4 is 10.2 Å². The van der Waals surface area contributed by atoms with E-state index in [9.17, 15) is 21.6 Å². The molecule has 0 amide bonds. The third-order valence-corrected chi connectivity index (χ3v) is 4.80. The van der Waals surface area contributed by atoms with Crippen molar-refractivity contribution in [2.45, 2.75) is 25.2 Å². The zero-order chi connectivity index (χ0) is 15.7. The molecular formula is C12H15F3N2O3S. The fraction of sp³-hybridized carbons (Fsp3) is 0.500. The molecule has 1 aromatic carbocycles. The van der Waals surface area contributed by atoms with Gasteiger partial charge in [-0.3, -0.25) is 0 Å². The molecule has 1 aromatic rings. The van der Waals surface area contributed by atoms with Crippen molar-refractivity contribution in [3.8, 4) is 0 Å². The average molecular weight is 324 g/mol. The van der Waals surface area contributed by atoms with Crippen LogP contribution in [0.5, 0.6) is 0 Å². The van der Waals surface area contributed by atoms with E-state index in [1.54, 1.807) is 16.9 Å². The Labute approximate surface area is 120 Å². The molecule has 2 rings (SSSR count). The maximum absolute atomic E-state index is 12.2. The Morgan fingerprint density at radius 1 is 1.29 bits per heavy atom. The van der Waals surface area contributed by atoms with Crippen LogP contribution in [-0.2, 0) is 23.2 Å². The largest absolute Gasteiger partial charge is 0.415 e. The van der Waals surface area contributed by atoms with Gasteiger partial charge in [0.15, 0.2) is 6.10 Å². The Hall–Kier alpha value is -1.16. The second-order valence-corrected chi connectivity index (χ2v) is 6.52. The van der Waals surface area contributed by atoms with E-state index in [0.29, 0.717) is 6.42 Å². The van der Waals surface area contributed by atoms with E-state index >= 15 is 0 Å². The summed E-state index contributed by atoms with van der Waals surface area (Å²) in [6, 6.07) is 7.29. The van der Waals surface area contributed by atoms with Crippen LogP contribution < -0.4 is 4.72 Å². The predicted octanol–water partition coefficient (Wildman–Crippen LogP) is 0.802. The van der Waals surface area contributed by atoms with E-state index in [4.69, 9.17) is 5.11 Å². The number of rotatable bonds is 4. The number of alkyl halides is 3. The lowest BCUT2D eigenvalue weighted by atomic mass is 10.0. The summed E-state index contributed by atoms with van der Waals surface area (Å²) in [4.78, 5) is 0. The van der Waals surface area contributed by atoms with Gasteiger partial charge in [-0.1, -0.05) is 24.3 Å². The molecule has 5 nitrogen and oxygen atoms in total. The van der Waals surface area contributed by atoms with Gasteiger partial charge < -0.3 is 5.11 Å². The molecule has 1 aliphatic rings. The Bertz CT molecular complexity index is 604. The van der Waals surface area contributed by atoms with E-state index < -0.39 is 29.0 Å². The Balaban J connectivity index is 2.02. The minimum atomic E-state index is -4.85. The smallest absolute Gasteiger partial charge is 0.382 e. The number of benzene rings is 1. The molecule has 118 valence electrons. The summed E-state index contributed by atoms with van der Waals surface area (Å²) in [5, 5.41) is 8.83. The van der Waals surface area contributed by atoms with Crippen LogP contribution in [0.1, 0.15) is 11.1 Å². The molecule has 1 aliphatic heterocycles. The zero-order valence-electron chi connectivity index (χ0n) is 11.0. The first-order valence-electron chi connectivity index (χ1n) is 6.26. The number of hydrogen-bond donors (Lipinski definition) is 2. The summed E-state index contributed by atoms with van der Waals surface area (Å²) < 4.78 is 63.3. The first kappa shape index (κ1) is 16.2. The molecule has 1 atom stereocenters. The van der Waals surface area contributed by atoms with Crippen molar-refractivity contribution in [3.63, 3.8) is 0 Å². The van der Waals surface area contributed by atoms with Crippen LogP contribution in [0.2, 0.25) is 0 Å². The monoisotopic (exact) mass is 324 g/mol. The summed E-state index contributed by atoms with van der Waals surface area (Å²) in [5.41, 5.74) is 1.85. The molecule has 0 bridgehead atoms. The van der Waals surface area contributed by atoms with E-state index in [1.165, 1.54) is 0 Å². The van der Waals surface area contributed by atoms with Crippen molar-refractivity contribution in [2.75, 3.05) is 13.1 Å². The summed E-state index contributed by atoms with van der Waals surface area (Å²) in [5.74, 6) is 0. The molecule has 1 unspecified atom stereocenters. The number of fused-ring (bicyclic) bond motifs is 1. The zero-order valence-corrected chi connectivity index (χ0v) is 11.8. The number of aliphatic hydroxyl groups is 1. The minimum Gasteiger partial charge on any atom is -0.382 e. The third kappa shape index (κ3) is 3.94. The van der Waals surface area contributed by atoms with Crippen LogP contribution in [0.4, 0.5) is 13.2 Å². The van der Waals surface area contributed by atoms with E-state index in [0.717, 1.165) is 15.4 Å². The summed E-state index contributed by atoms with van der Waals surface area (Å²) in [6.45, 7) is -0.800. The van der Waals surface area contributed by atoms with Gasteiger partial charge in [0.1, 0.15) is 0 Å². The molecular weight excluding hydrogens is 309 g/mol. The quantitative estimate of drug-likeness (QED) is 0.861. The molecule has 0 saturated carbocycles. The lowest BCUT2D eigenvalue weighted by Gasteiger charge is -2.28. The minimum absolute atomic E-state index is 0.105. The molecule has 0 radical (unpaired) electrons. The first-order chi connectivity index (χ1) is 9.70. The fourth-order valence-electron chi connectivity index (χ4n) is 2.07. The van der Waals surface area contributed by atoms with Crippen molar-refractivity contribution in [1.29, 1.82) is 0 Å². The number of halogens is 3. The van der Waals surface area contributed by atoms with Crippen LogP contribution >= 0.6 is 0 Å². The Morgan fingerprint density at radius 3 is 2.52 bits per heavy atom. The molecule has 9 heteroatoms. The maximum atomic E-state index is 12.2. The first-order valence-corrected chi connectivity index (χ1v) is 7.70. The van der Waals surface area contributed by atoms with Crippen molar-refractivity contribution in [2.24, 2.45) is 0 Å². The summed E-state index contributed by atoms with van der Waals surface area (Å²) >= 11 is 0. The van der Waals surface area contributed by atoms with Gasteiger partial charge in [0.05, 0.1) is 0 Å². The van der Waals surface area contributed by atoms with Crippen molar-refractivity contribution in [1.82, 2.24) is 9.03 Å². The number of hydrogen-bond acceptors (Lipinski definition) is 3. The van der Waals surface area contributed by atoms with Gasteiger partial charge in [0.25, 0.3) is 10.2 Å². The molecule has 0 saturated heterocycles. The fourth-order valence-corrected chi connectivity index (χ4v) is 3.26. The summed E-state index contributed by atoms with van der Waals surface area (Å²) in [6.07, 6.45) is -7.07. The van der Waals surface area contributed by atoms with Crippen LogP contribution in [0.25, 0.3) is 0 Å². The second-order valence-electron chi connectivity index (χ2n) is 4.76. The Kier molecular flexibility index (Phi) is 4.57. The van der Waals surface area contributed by atoms with Crippen LogP contribution in [0.3, 0.4) is 0 Å². The molecule has 1 heterocycles. The van der Waals surface area contributed by atoms with Gasteiger partial charge in [-0.25, -0.2) is 0 Å². The molecule has 0 aliphatic carbocycles. The lowest BCUT2D eigenvalue weighted by molar-refractivity contribution is -0.200. The number of nitrogens with zero attached hydrogens (tertiary/aromatic N) is 1. The van der Waals surface area contributed by atoms with Crippen LogP contribution in [0, 0.1) is 0 Å². The lowest BCUT2D eigenvalue weighted by Crippen LogP contribution is -2.47. The number of nitrogens with one attached hydrogen (secondary N) is 1. The van der Waals surface area contributed by atoms with E-state index in [1.807, 2.05) is 12.1 Å². The van der Waals surface area contributed by atoms with Gasteiger partial charge in [0, 0.05) is 19.6 Å². The Morgan fingerprint density at radius 2 is 1.90 bits per heavy atom. The van der Waals surface area contributed by atoms with Crippen LogP contribution in [-0.4, -0.2) is 43.2 Å². The maximum Gasteiger partial charge on any atom is 0.415 e. The van der Waals surface area contributed by atoms with Crippen LogP contribution in [0.15, 0.2) is 24.3 Å². The van der Waals surface area contributed by atoms with E-state index in [-0.39, 0.29) is 13.1 Å². The standard InChI is InChI=1S/C12H15F3N2O3S/c13-12(14,15)11(18)7-16-21(19,20)17-6-5-9-3-1-2-4-10(9)8-17/h1-4,11,16,18H,5-8H2. The summed E-state index contributed by atoms with van der Waals surface area (Å²) in [7, 11) is -4.06. The molecule has 0 fully saturated rings.